The highest BCUT2D eigenvalue weighted by Gasteiger charge is 2.07. The Balaban J connectivity index is 2.05. The van der Waals surface area contributed by atoms with Gasteiger partial charge in [-0.25, -0.2) is 0 Å². The quantitative estimate of drug-likeness (QED) is 0.906. The molecule has 0 aliphatic rings. The van der Waals surface area contributed by atoms with Crippen LogP contribution in [0.4, 0.5) is 5.69 Å². The second-order valence-corrected chi connectivity index (χ2v) is 4.33. The Morgan fingerprint density at radius 1 is 1.32 bits per heavy atom. The molecule has 0 unspecified atom stereocenters. The van der Waals surface area contributed by atoms with Gasteiger partial charge in [0.15, 0.2) is 0 Å². The van der Waals surface area contributed by atoms with E-state index in [-0.39, 0.29) is 5.91 Å². The summed E-state index contributed by atoms with van der Waals surface area (Å²) in [7, 11) is 3.48. The van der Waals surface area contributed by atoms with Crippen LogP contribution in [0, 0.1) is 0 Å². The number of hydrogen-bond acceptors (Lipinski definition) is 4. The van der Waals surface area contributed by atoms with E-state index in [1.165, 1.54) is 0 Å². The summed E-state index contributed by atoms with van der Waals surface area (Å²) in [5.41, 5.74) is 2.40. The van der Waals surface area contributed by atoms with Crippen molar-refractivity contribution in [3.8, 4) is 0 Å². The number of carbonyl (C=O) groups is 1. The van der Waals surface area contributed by atoms with Crippen molar-refractivity contribution in [2.75, 3.05) is 19.4 Å². The van der Waals surface area contributed by atoms with Gasteiger partial charge >= 0.3 is 0 Å². The molecule has 2 aromatic rings. The Labute approximate surface area is 112 Å². The van der Waals surface area contributed by atoms with Crippen LogP contribution in [-0.4, -0.2) is 34.9 Å². The van der Waals surface area contributed by atoms with Crippen molar-refractivity contribution in [3.63, 3.8) is 0 Å². The summed E-state index contributed by atoms with van der Waals surface area (Å²) in [6.45, 7) is 0.577. The highest BCUT2D eigenvalue weighted by atomic mass is 16.2. The Morgan fingerprint density at radius 3 is 2.84 bits per heavy atom. The fourth-order valence-electron chi connectivity index (χ4n) is 1.63. The third-order valence-corrected chi connectivity index (χ3v) is 2.61. The molecule has 0 radical (unpaired) electrons. The first-order chi connectivity index (χ1) is 9.16. The van der Waals surface area contributed by atoms with E-state index in [9.17, 15) is 4.79 Å². The van der Waals surface area contributed by atoms with Crippen LogP contribution < -0.4 is 5.32 Å². The van der Waals surface area contributed by atoms with Gasteiger partial charge in [-0.1, -0.05) is 6.07 Å². The maximum absolute atomic E-state index is 11.8. The number of anilines is 1. The molecule has 0 spiro atoms. The summed E-state index contributed by atoms with van der Waals surface area (Å²) >= 11 is 0. The van der Waals surface area contributed by atoms with Gasteiger partial charge in [0.1, 0.15) is 0 Å². The standard InChI is InChI=1S/C14H16N4O/c1-18(2)14(19)11-4-3-5-12(8-11)17-10-13-9-15-6-7-16-13/h3-9,17H,10H2,1-2H3. The average Bonchev–Trinajstić information content (AvgIpc) is 2.45. The molecule has 1 N–H and O–H groups in total. The summed E-state index contributed by atoms with van der Waals surface area (Å²) < 4.78 is 0. The molecule has 0 atom stereocenters. The molecular formula is C14H16N4O. The number of nitrogens with zero attached hydrogens (tertiary/aromatic N) is 3. The molecule has 2 rings (SSSR count). The van der Waals surface area contributed by atoms with Gasteiger partial charge in [0, 0.05) is 37.7 Å². The Bertz CT molecular complexity index is 554. The molecule has 0 aliphatic heterocycles. The minimum Gasteiger partial charge on any atom is -0.379 e. The summed E-state index contributed by atoms with van der Waals surface area (Å²) in [5.74, 6) is -0.0110. The number of rotatable bonds is 4. The van der Waals surface area contributed by atoms with Gasteiger partial charge in [0.05, 0.1) is 18.4 Å². The van der Waals surface area contributed by atoms with E-state index < -0.39 is 0 Å². The van der Waals surface area contributed by atoms with Crippen LogP contribution in [0.5, 0.6) is 0 Å². The summed E-state index contributed by atoms with van der Waals surface area (Å²) in [4.78, 5) is 21.6. The van der Waals surface area contributed by atoms with Gasteiger partial charge in [0.25, 0.3) is 5.91 Å². The summed E-state index contributed by atoms with van der Waals surface area (Å²) in [5, 5.41) is 3.22. The number of benzene rings is 1. The number of amides is 1. The van der Waals surface area contributed by atoms with Crippen LogP contribution in [0.2, 0.25) is 0 Å². The molecule has 19 heavy (non-hydrogen) atoms. The molecule has 0 fully saturated rings. The van der Waals surface area contributed by atoms with E-state index in [0.717, 1.165) is 11.4 Å². The number of carbonyl (C=O) groups excluding carboxylic acids is 1. The maximum Gasteiger partial charge on any atom is 0.253 e. The first-order valence-electron chi connectivity index (χ1n) is 5.97. The van der Waals surface area contributed by atoms with Crippen molar-refractivity contribution in [3.05, 3.63) is 54.1 Å². The SMILES string of the molecule is CN(C)C(=O)c1cccc(NCc2cnccn2)c1. The van der Waals surface area contributed by atoms with Crippen LogP contribution in [-0.2, 0) is 6.54 Å². The second-order valence-electron chi connectivity index (χ2n) is 4.33. The minimum atomic E-state index is -0.0110. The number of aromatic nitrogens is 2. The van der Waals surface area contributed by atoms with Crippen LogP contribution >= 0.6 is 0 Å². The molecule has 5 heteroatoms. The van der Waals surface area contributed by atoms with Crippen LogP contribution in [0.1, 0.15) is 16.1 Å². The minimum absolute atomic E-state index is 0.0110. The first kappa shape index (κ1) is 13.0. The largest absolute Gasteiger partial charge is 0.379 e. The molecule has 1 aromatic heterocycles. The molecule has 98 valence electrons. The lowest BCUT2D eigenvalue weighted by atomic mass is 10.2. The normalized spacial score (nSPS) is 10.0. The Hall–Kier alpha value is -2.43. The second kappa shape index (κ2) is 5.95. The van der Waals surface area contributed by atoms with Gasteiger partial charge in [-0.05, 0) is 18.2 Å². The van der Waals surface area contributed by atoms with Gasteiger partial charge in [-0.2, -0.15) is 0 Å². The van der Waals surface area contributed by atoms with Crippen LogP contribution in [0.15, 0.2) is 42.9 Å². The van der Waals surface area contributed by atoms with Gasteiger partial charge in [-0.3, -0.25) is 14.8 Å². The molecule has 0 saturated carbocycles. The third-order valence-electron chi connectivity index (χ3n) is 2.61. The summed E-state index contributed by atoms with van der Waals surface area (Å²) in [6.07, 6.45) is 5.00. The average molecular weight is 256 g/mol. The molecule has 1 aromatic carbocycles. The molecule has 0 aliphatic carbocycles. The Morgan fingerprint density at radius 2 is 2.16 bits per heavy atom. The van der Waals surface area contributed by atoms with E-state index in [2.05, 4.69) is 15.3 Å². The highest BCUT2D eigenvalue weighted by molar-refractivity contribution is 5.94. The fraction of sp³-hybridized carbons (Fsp3) is 0.214. The van der Waals surface area contributed by atoms with E-state index in [4.69, 9.17) is 0 Å². The maximum atomic E-state index is 11.8. The van der Waals surface area contributed by atoms with Gasteiger partial charge in [0.2, 0.25) is 0 Å². The lowest BCUT2D eigenvalue weighted by Gasteiger charge is -2.12. The van der Waals surface area contributed by atoms with Crippen LogP contribution in [0.25, 0.3) is 0 Å². The van der Waals surface area contributed by atoms with Crippen LogP contribution in [0.3, 0.4) is 0 Å². The smallest absolute Gasteiger partial charge is 0.253 e. The Kier molecular flexibility index (Phi) is 4.07. The van der Waals surface area contributed by atoms with Crippen molar-refractivity contribution in [2.45, 2.75) is 6.54 Å². The van der Waals surface area contributed by atoms with Gasteiger partial charge in [-0.15, -0.1) is 0 Å². The van der Waals surface area contributed by atoms with Crippen molar-refractivity contribution < 1.29 is 4.79 Å². The molecule has 5 nitrogen and oxygen atoms in total. The first-order valence-corrected chi connectivity index (χ1v) is 5.97. The zero-order valence-electron chi connectivity index (χ0n) is 11.0. The zero-order chi connectivity index (χ0) is 13.7. The van der Waals surface area contributed by atoms with Gasteiger partial charge < -0.3 is 10.2 Å². The monoisotopic (exact) mass is 256 g/mol. The molecule has 1 heterocycles. The highest BCUT2D eigenvalue weighted by Crippen LogP contribution is 2.12. The summed E-state index contributed by atoms with van der Waals surface area (Å²) in [6, 6.07) is 7.41. The van der Waals surface area contributed by atoms with Crippen molar-refractivity contribution in [2.24, 2.45) is 0 Å². The fourth-order valence-corrected chi connectivity index (χ4v) is 1.63. The lowest BCUT2D eigenvalue weighted by molar-refractivity contribution is 0.0827. The zero-order valence-corrected chi connectivity index (χ0v) is 11.0. The van der Waals surface area contributed by atoms with E-state index >= 15 is 0 Å². The topological polar surface area (TPSA) is 58.1 Å². The molecule has 0 bridgehead atoms. The van der Waals surface area contributed by atoms with E-state index in [1.807, 2.05) is 18.2 Å². The van der Waals surface area contributed by atoms with E-state index in [0.29, 0.717) is 12.1 Å². The molecular weight excluding hydrogens is 240 g/mol. The lowest BCUT2D eigenvalue weighted by Crippen LogP contribution is -2.21. The predicted octanol–water partition coefficient (Wildman–Crippen LogP) is 1.79. The molecule has 1 amide bonds. The van der Waals surface area contributed by atoms with Crippen molar-refractivity contribution >= 4 is 11.6 Å². The van der Waals surface area contributed by atoms with Crippen molar-refractivity contribution in [1.29, 1.82) is 0 Å². The molecule has 0 saturated heterocycles. The predicted molar refractivity (Wildman–Crippen MR) is 73.8 cm³/mol. The van der Waals surface area contributed by atoms with E-state index in [1.54, 1.807) is 43.7 Å². The number of nitrogens with one attached hydrogen (secondary N) is 1. The van der Waals surface area contributed by atoms with Crippen molar-refractivity contribution in [1.82, 2.24) is 14.9 Å². The number of hydrogen-bond donors (Lipinski definition) is 1. The third kappa shape index (κ3) is 3.51.